The highest BCUT2D eigenvalue weighted by molar-refractivity contribution is 5.87. The molecule has 1 saturated heterocycles. The van der Waals surface area contributed by atoms with E-state index in [1.54, 1.807) is 0 Å². The smallest absolute Gasteiger partial charge is 0.164 e. The lowest BCUT2D eigenvalue weighted by Gasteiger charge is -2.35. The summed E-state index contributed by atoms with van der Waals surface area (Å²) >= 11 is 0. The molecular formula is C15H26O3. The van der Waals surface area contributed by atoms with Gasteiger partial charge >= 0.3 is 0 Å². The third-order valence-electron chi connectivity index (χ3n) is 4.48. The van der Waals surface area contributed by atoms with Gasteiger partial charge in [0, 0.05) is 39.1 Å². The lowest BCUT2D eigenvalue weighted by atomic mass is 9.85. The number of carbonyl (C=O) groups is 1. The monoisotopic (exact) mass is 254 g/mol. The summed E-state index contributed by atoms with van der Waals surface area (Å²) in [5, 5.41) is 0. The first-order chi connectivity index (χ1) is 8.77. The summed E-state index contributed by atoms with van der Waals surface area (Å²) in [6.45, 7) is 3.92. The van der Waals surface area contributed by atoms with Crippen LogP contribution in [0.1, 0.15) is 58.3 Å². The molecule has 1 saturated carbocycles. The highest BCUT2D eigenvalue weighted by Crippen LogP contribution is 2.32. The predicted octanol–water partition coefficient (Wildman–Crippen LogP) is 3.11. The number of ketones is 1. The van der Waals surface area contributed by atoms with Crippen LogP contribution in [-0.4, -0.2) is 31.2 Å². The van der Waals surface area contributed by atoms with Crippen molar-refractivity contribution < 1.29 is 14.3 Å². The topological polar surface area (TPSA) is 35.5 Å². The summed E-state index contributed by atoms with van der Waals surface area (Å²) in [5.41, 5.74) is -0.522. The van der Waals surface area contributed by atoms with E-state index >= 15 is 0 Å². The van der Waals surface area contributed by atoms with Gasteiger partial charge in [-0.05, 0) is 19.3 Å². The molecule has 0 atom stereocenters. The van der Waals surface area contributed by atoms with Crippen LogP contribution in [0.4, 0.5) is 0 Å². The van der Waals surface area contributed by atoms with Crippen LogP contribution >= 0.6 is 0 Å². The number of Topliss-reactive ketones (excluding diaryl/α,β-unsaturated/α-hetero) is 1. The highest BCUT2D eigenvalue weighted by Gasteiger charge is 2.40. The predicted molar refractivity (Wildman–Crippen MR) is 70.6 cm³/mol. The lowest BCUT2D eigenvalue weighted by Crippen LogP contribution is -2.46. The van der Waals surface area contributed by atoms with Gasteiger partial charge in [0.1, 0.15) is 5.60 Å². The number of hydrogen-bond donors (Lipinski definition) is 0. The minimum absolute atomic E-state index is 0.319. The molecule has 2 fully saturated rings. The van der Waals surface area contributed by atoms with Gasteiger partial charge in [-0.3, -0.25) is 4.79 Å². The van der Waals surface area contributed by atoms with Crippen LogP contribution in [0.15, 0.2) is 0 Å². The Bertz CT molecular complexity index is 257. The minimum Gasteiger partial charge on any atom is -0.381 e. The number of hydrogen-bond acceptors (Lipinski definition) is 3. The first-order valence-corrected chi connectivity index (χ1v) is 7.52. The second kappa shape index (κ2) is 6.67. The molecule has 104 valence electrons. The van der Waals surface area contributed by atoms with Crippen molar-refractivity contribution in [3.05, 3.63) is 0 Å². The fourth-order valence-electron chi connectivity index (χ4n) is 3.34. The number of rotatable bonds is 6. The van der Waals surface area contributed by atoms with E-state index in [0.717, 1.165) is 25.2 Å². The fourth-order valence-corrected chi connectivity index (χ4v) is 3.34. The van der Waals surface area contributed by atoms with Crippen molar-refractivity contribution in [1.29, 1.82) is 0 Å². The average molecular weight is 254 g/mol. The molecule has 0 N–H and O–H groups in total. The van der Waals surface area contributed by atoms with Gasteiger partial charge in [-0.2, -0.15) is 0 Å². The Morgan fingerprint density at radius 1 is 1.28 bits per heavy atom. The van der Waals surface area contributed by atoms with Gasteiger partial charge in [-0.25, -0.2) is 0 Å². The van der Waals surface area contributed by atoms with E-state index in [0.29, 0.717) is 32.0 Å². The summed E-state index contributed by atoms with van der Waals surface area (Å²) in [4.78, 5) is 12.5. The standard InChI is InChI=1S/C15H26O3/c1-2-18-15(9-11-17-12-10-15)14(16)8-7-13-5-3-4-6-13/h13H,2-12H2,1H3. The first kappa shape index (κ1) is 14.0. The van der Waals surface area contributed by atoms with Crippen molar-refractivity contribution in [2.75, 3.05) is 19.8 Å². The SMILES string of the molecule is CCOC1(C(=O)CCC2CCCC2)CCOCC1. The molecule has 1 heterocycles. The average Bonchev–Trinajstić information content (AvgIpc) is 2.90. The summed E-state index contributed by atoms with van der Waals surface area (Å²) < 4.78 is 11.2. The van der Waals surface area contributed by atoms with Crippen LogP contribution in [0.3, 0.4) is 0 Å². The quantitative estimate of drug-likeness (QED) is 0.730. The molecule has 3 nitrogen and oxygen atoms in total. The lowest BCUT2D eigenvalue weighted by molar-refractivity contribution is -0.157. The molecule has 1 aliphatic heterocycles. The molecule has 1 aliphatic carbocycles. The number of carbonyl (C=O) groups excluding carboxylic acids is 1. The van der Waals surface area contributed by atoms with Gasteiger partial charge in [0.05, 0.1) is 0 Å². The van der Waals surface area contributed by atoms with Crippen molar-refractivity contribution in [2.45, 2.75) is 63.9 Å². The van der Waals surface area contributed by atoms with E-state index in [1.807, 2.05) is 6.92 Å². The molecule has 18 heavy (non-hydrogen) atoms. The molecule has 0 aromatic carbocycles. The molecule has 0 spiro atoms. The second-order valence-corrected chi connectivity index (χ2v) is 5.65. The first-order valence-electron chi connectivity index (χ1n) is 7.52. The maximum atomic E-state index is 12.5. The molecule has 3 heteroatoms. The largest absolute Gasteiger partial charge is 0.381 e. The summed E-state index contributed by atoms with van der Waals surface area (Å²) in [7, 11) is 0. The molecule has 0 radical (unpaired) electrons. The Labute approximate surface area is 110 Å². The zero-order valence-corrected chi connectivity index (χ0v) is 11.6. The summed E-state index contributed by atoms with van der Waals surface area (Å²) in [5.74, 6) is 1.10. The van der Waals surface area contributed by atoms with Gasteiger partial charge in [-0.1, -0.05) is 25.7 Å². The van der Waals surface area contributed by atoms with Crippen LogP contribution in [0.2, 0.25) is 0 Å². The van der Waals surface area contributed by atoms with Gasteiger partial charge in [0.25, 0.3) is 0 Å². The van der Waals surface area contributed by atoms with Gasteiger partial charge in [0.15, 0.2) is 5.78 Å². The second-order valence-electron chi connectivity index (χ2n) is 5.65. The van der Waals surface area contributed by atoms with Gasteiger partial charge in [-0.15, -0.1) is 0 Å². The van der Waals surface area contributed by atoms with Crippen molar-refractivity contribution >= 4 is 5.78 Å². The maximum Gasteiger partial charge on any atom is 0.164 e. The van der Waals surface area contributed by atoms with E-state index < -0.39 is 5.60 Å². The van der Waals surface area contributed by atoms with Crippen LogP contribution in [0.25, 0.3) is 0 Å². The summed E-state index contributed by atoms with van der Waals surface area (Å²) in [6, 6.07) is 0. The van der Waals surface area contributed by atoms with Crippen LogP contribution < -0.4 is 0 Å². The van der Waals surface area contributed by atoms with E-state index in [2.05, 4.69) is 0 Å². The Morgan fingerprint density at radius 2 is 1.94 bits per heavy atom. The van der Waals surface area contributed by atoms with E-state index in [-0.39, 0.29) is 0 Å². The van der Waals surface area contributed by atoms with Crippen molar-refractivity contribution in [3.63, 3.8) is 0 Å². The Balaban J connectivity index is 1.86. The van der Waals surface area contributed by atoms with E-state index in [1.165, 1.54) is 25.7 Å². The molecule has 0 unspecified atom stereocenters. The van der Waals surface area contributed by atoms with Crippen LogP contribution in [-0.2, 0) is 14.3 Å². The van der Waals surface area contributed by atoms with Gasteiger partial charge in [0.2, 0.25) is 0 Å². The molecule has 0 aromatic heterocycles. The molecule has 2 rings (SSSR count). The van der Waals surface area contributed by atoms with Crippen molar-refractivity contribution in [3.8, 4) is 0 Å². The third-order valence-corrected chi connectivity index (χ3v) is 4.48. The highest BCUT2D eigenvalue weighted by atomic mass is 16.5. The Kier molecular flexibility index (Phi) is 5.19. The van der Waals surface area contributed by atoms with Crippen molar-refractivity contribution in [2.24, 2.45) is 5.92 Å². The van der Waals surface area contributed by atoms with Crippen LogP contribution in [0, 0.1) is 5.92 Å². The van der Waals surface area contributed by atoms with Crippen LogP contribution in [0.5, 0.6) is 0 Å². The zero-order valence-electron chi connectivity index (χ0n) is 11.6. The van der Waals surface area contributed by atoms with Crippen molar-refractivity contribution in [1.82, 2.24) is 0 Å². The normalized spacial score (nSPS) is 24.3. The molecule has 2 aliphatic rings. The van der Waals surface area contributed by atoms with E-state index in [4.69, 9.17) is 9.47 Å². The number of ether oxygens (including phenoxy) is 2. The summed E-state index contributed by atoms with van der Waals surface area (Å²) in [6.07, 6.45) is 8.58. The van der Waals surface area contributed by atoms with E-state index in [9.17, 15) is 4.79 Å². The Morgan fingerprint density at radius 3 is 2.56 bits per heavy atom. The Hall–Kier alpha value is -0.410. The van der Waals surface area contributed by atoms with Gasteiger partial charge < -0.3 is 9.47 Å². The fraction of sp³-hybridized carbons (Fsp3) is 0.933. The molecule has 0 aromatic rings. The molecular weight excluding hydrogens is 228 g/mol. The molecule has 0 bridgehead atoms. The zero-order chi connectivity index (χ0) is 12.8. The molecule has 0 amide bonds. The third kappa shape index (κ3) is 3.33. The minimum atomic E-state index is -0.522. The maximum absolute atomic E-state index is 12.5.